The second kappa shape index (κ2) is 4.04. The third-order valence-electron chi connectivity index (χ3n) is 3.70. The van der Waals surface area contributed by atoms with Crippen LogP contribution in [0.5, 0.6) is 0 Å². The Morgan fingerprint density at radius 2 is 2.00 bits per heavy atom. The number of benzene rings is 1. The molecule has 0 saturated carbocycles. The fourth-order valence-corrected chi connectivity index (χ4v) is 2.67. The second-order valence-corrected chi connectivity index (χ2v) is 5.28. The molecule has 0 heterocycles. The standard InChI is InChI=1S/C15H20O/c1-9(2)12-7-5-10(3)14-13(12)8-6-11(4)15(14)16/h5,7,9,11H,6,8H2,1-4H3. The van der Waals surface area contributed by atoms with E-state index in [1.807, 2.05) is 6.92 Å². The zero-order valence-electron chi connectivity index (χ0n) is 10.6. The van der Waals surface area contributed by atoms with Gasteiger partial charge < -0.3 is 0 Å². The van der Waals surface area contributed by atoms with E-state index in [0.29, 0.717) is 11.7 Å². The lowest BCUT2D eigenvalue weighted by Gasteiger charge is -2.25. The molecule has 1 atom stereocenters. The number of hydrogen-bond acceptors (Lipinski definition) is 1. The van der Waals surface area contributed by atoms with E-state index in [0.717, 1.165) is 24.0 Å². The van der Waals surface area contributed by atoms with E-state index in [4.69, 9.17) is 0 Å². The van der Waals surface area contributed by atoms with Crippen molar-refractivity contribution in [3.05, 3.63) is 34.4 Å². The maximum Gasteiger partial charge on any atom is 0.166 e. The van der Waals surface area contributed by atoms with Crippen LogP contribution < -0.4 is 0 Å². The summed E-state index contributed by atoms with van der Waals surface area (Å²) in [5.74, 6) is 1.06. The van der Waals surface area contributed by atoms with Crippen molar-refractivity contribution in [1.29, 1.82) is 0 Å². The Morgan fingerprint density at radius 3 is 2.62 bits per heavy atom. The first-order valence-corrected chi connectivity index (χ1v) is 6.19. The molecule has 1 aromatic carbocycles. The summed E-state index contributed by atoms with van der Waals surface area (Å²) < 4.78 is 0. The average Bonchev–Trinajstić information content (AvgIpc) is 2.23. The van der Waals surface area contributed by atoms with Gasteiger partial charge in [0.15, 0.2) is 5.78 Å². The number of carbonyl (C=O) groups excluding carboxylic acids is 1. The van der Waals surface area contributed by atoms with Gasteiger partial charge in [0, 0.05) is 11.5 Å². The van der Waals surface area contributed by atoms with Crippen LogP contribution in [-0.2, 0) is 6.42 Å². The molecule has 0 aromatic heterocycles. The molecular formula is C15H20O. The molecule has 16 heavy (non-hydrogen) atoms. The number of rotatable bonds is 1. The molecule has 1 nitrogen and oxygen atoms in total. The number of carbonyl (C=O) groups is 1. The first kappa shape index (κ1) is 11.4. The monoisotopic (exact) mass is 216 g/mol. The van der Waals surface area contributed by atoms with Crippen molar-refractivity contribution in [2.24, 2.45) is 5.92 Å². The van der Waals surface area contributed by atoms with E-state index >= 15 is 0 Å². The molecule has 2 rings (SSSR count). The first-order chi connectivity index (χ1) is 7.52. The van der Waals surface area contributed by atoms with Crippen molar-refractivity contribution < 1.29 is 4.79 Å². The Labute approximate surface area is 97.9 Å². The SMILES string of the molecule is Cc1ccc(C(C)C)c2c1C(=O)C(C)CC2. The summed E-state index contributed by atoms with van der Waals surface area (Å²) in [5, 5.41) is 0. The van der Waals surface area contributed by atoms with Crippen LogP contribution in [0, 0.1) is 12.8 Å². The Kier molecular flexibility index (Phi) is 2.88. The predicted octanol–water partition coefficient (Wildman–Crippen LogP) is 3.88. The third-order valence-corrected chi connectivity index (χ3v) is 3.70. The topological polar surface area (TPSA) is 17.1 Å². The maximum absolute atomic E-state index is 12.2. The molecule has 0 amide bonds. The van der Waals surface area contributed by atoms with Crippen LogP contribution in [0.25, 0.3) is 0 Å². The third kappa shape index (κ3) is 1.68. The average molecular weight is 216 g/mol. The fourth-order valence-electron chi connectivity index (χ4n) is 2.67. The van der Waals surface area contributed by atoms with Gasteiger partial charge in [-0.3, -0.25) is 4.79 Å². The van der Waals surface area contributed by atoms with Crippen molar-refractivity contribution in [3.8, 4) is 0 Å². The Bertz CT molecular complexity index is 429. The van der Waals surface area contributed by atoms with Gasteiger partial charge in [0.25, 0.3) is 0 Å². The Morgan fingerprint density at radius 1 is 1.31 bits per heavy atom. The molecule has 86 valence electrons. The van der Waals surface area contributed by atoms with Gasteiger partial charge >= 0.3 is 0 Å². The molecule has 1 unspecified atom stereocenters. The van der Waals surface area contributed by atoms with E-state index in [9.17, 15) is 4.79 Å². The largest absolute Gasteiger partial charge is 0.294 e. The lowest BCUT2D eigenvalue weighted by Crippen LogP contribution is -2.22. The normalized spacial score (nSPS) is 20.1. The second-order valence-electron chi connectivity index (χ2n) is 5.28. The van der Waals surface area contributed by atoms with E-state index < -0.39 is 0 Å². The lowest BCUT2D eigenvalue weighted by atomic mass is 9.78. The highest BCUT2D eigenvalue weighted by molar-refractivity contribution is 6.01. The number of hydrogen-bond donors (Lipinski definition) is 0. The lowest BCUT2D eigenvalue weighted by molar-refractivity contribution is 0.0912. The predicted molar refractivity (Wildman–Crippen MR) is 67.1 cm³/mol. The quantitative estimate of drug-likeness (QED) is 0.696. The van der Waals surface area contributed by atoms with Crippen molar-refractivity contribution in [3.63, 3.8) is 0 Å². The summed E-state index contributed by atoms with van der Waals surface area (Å²) >= 11 is 0. The van der Waals surface area contributed by atoms with Crippen LogP contribution in [0.4, 0.5) is 0 Å². The van der Waals surface area contributed by atoms with Gasteiger partial charge in [0.05, 0.1) is 0 Å². The number of aryl methyl sites for hydroxylation is 1. The highest BCUT2D eigenvalue weighted by atomic mass is 16.1. The van der Waals surface area contributed by atoms with Crippen LogP contribution in [-0.4, -0.2) is 5.78 Å². The van der Waals surface area contributed by atoms with Crippen LogP contribution in [0.1, 0.15) is 60.2 Å². The van der Waals surface area contributed by atoms with E-state index in [1.54, 1.807) is 0 Å². The Hall–Kier alpha value is -1.11. The van der Waals surface area contributed by atoms with Gasteiger partial charge in [0.2, 0.25) is 0 Å². The van der Waals surface area contributed by atoms with E-state index in [1.165, 1.54) is 11.1 Å². The molecule has 0 N–H and O–H groups in total. The highest BCUT2D eigenvalue weighted by Gasteiger charge is 2.27. The van der Waals surface area contributed by atoms with Crippen LogP contribution in [0.2, 0.25) is 0 Å². The highest BCUT2D eigenvalue weighted by Crippen LogP contribution is 2.33. The zero-order valence-corrected chi connectivity index (χ0v) is 10.6. The molecule has 0 bridgehead atoms. The van der Waals surface area contributed by atoms with Gasteiger partial charge in [-0.15, -0.1) is 0 Å². The van der Waals surface area contributed by atoms with Crippen LogP contribution in [0.15, 0.2) is 12.1 Å². The minimum absolute atomic E-state index is 0.202. The van der Waals surface area contributed by atoms with Crippen molar-refractivity contribution in [2.75, 3.05) is 0 Å². The summed E-state index contributed by atoms with van der Waals surface area (Å²) in [4.78, 5) is 12.2. The van der Waals surface area contributed by atoms with Crippen molar-refractivity contribution in [1.82, 2.24) is 0 Å². The van der Waals surface area contributed by atoms with E-state index in [-0.39, 0.29) is 5.92 Å². The summed E-state index contributed by atoms with van der Waals surface area (Å²) in [7, 11) is 0. The van der Waals surface area contributed by atoms with Gasteiger partial charge in [-0.25, -0.2) is 0 Å². The minimum Gasteiger partial charge on any atom is -0.294 e. The molecule has 1 aromatic rings. The molecule has 0 aliphatic heterocycles. The molecule has 0 fully saturated rings. The summed E-state index contributed by atoms with van der Waals surface area (Å²) in [6.45, 7) is 8.51. The molecule has 0 spiro atoms. The number of ketones is 1. The molecule has 1 aliphatic carbocycles. The van der Waals surface area contributed by atoms with Crippen molar-refractivity contribution >= 4 is 5.78 Å². The molecule has 1 aliphatic rings. The molecular weight excluding hydrogens is 196 g/mol. The molecule has 0 saturated heterocycles. The zero-order chi connectivity index (χ0) is 11.9. The van der Waals surface area contributed by atoms with E-state index in [2.05, 4.69) is 32.9 Å². The summed E-state index contributed by atoms with van der Waals surface area (Å²) in [5.41, 5.74) is 4.85. The number of fused-ring (bicyclic) bond motifs is 1. The minimum atomic E-state index is 0.202. The summed E-state index contributed by atoms with van der Waals surface area (Å²) in [6, 6.07) is 4.30. The van der Waals surface area contributed by atoms with Gasteiger partial charge in [0.1, 0.15) is 0 Å². The molecule has 0 radical (unpaired) electrons. The number of Topliss-reactive ketones (excluding diaryl/α,β-unsaturated/α-hetero) is 1. The fraction of sp³-hybridized carbons (Fsp3) is 0.533. The van der Waals surface area contributed by atoms with Gasteiger partial charge in [-0.2, -0.15) is 0 Å². The molecule has 1 heteroatoms. The Balaban J connectivity index is 2.63. The van der Waals surface area contributed by atoms with Crippen LogP contribution >= 0.6 is 0 Å². The smallest absolute Gasteiger partial charge is 0.166 e. The van der Waals surface area contributed by atoms with Crippen molar-refractivity contribution in [2.45, 2.75) is 46.5 Å². The summed E-state index contributed by atoms with van der Waals surface area (Å²) in [6.07, 6.45) is 2.08. The first-order valence-electron chi connectivity index (χ1n) is 6.19. The van der Waals surface area contributed by atoms with Crippen LogP contribution in [0.3, 0.4) is 0 Å². The maximum atomic E-state index is 12.2. The van der Waals surface area contributed by atoms with Gasteiger partial charge in [-0.05, 0) is 42.4 Å². The van der Waals surface area contributed by atoms with Gasteiger partial charge in [-0.1, -0.05) is 32.9 Å².